The Kier molecular flexibility index (Phi) is 3.93. The Hall–Kier alpha value is -1.06. The summed E-state index contributed by atoms with van der Waals surface area (Å²) in [5.74, 6) is 0. The van der Waals surface area contributed by atoms with E-state index in [0.717, 1.165) is 19.4 Å². The lowest BCUT2D eigenvalue weighted by Crippen LogP contribution is -2.29. The monoisotopic (exact) mass is 248 g/mol. The summed E-state index contributed by atoms with van der Waals surface area (Å²) in [4.78, 5) is 2.15. The third-order valence-corrected chi connectivity index (χ3v) is 3.96. The first-order chi connectivity index (χ1) is 8.58. The number of nitrogens with zero attached hydrogens (tertiary/aromatic N) is 1. The van der Waals surface area contributed by atoms with Gasteiger partial charge in [-0.05, 0) is 31.4 Å². The number of hydrogen-bond acceptors (Lipinski definition) is 3. The molecule has 1 aliphatic carbocycles. The SMILES string of the molecule is C[C@H](NCC1(CO)CC1)c1ccccc1N(C)C. The summed E-state index contributed by atoms with van der Waals surface area (Å²) in [6.07, 6.45) is 2.30. The van der Waals surface area contributed by atoms with Crippen LogP contribution in [-0.2, 0) is 0 Å². The van der Waals surface area contributed by atoms with Crippen LogP contribution in [0.5, 0.6) is 0 Å². The summed E-state index contributed by atoms with van der Waals surface area (Å²) in [7, 11) is 4.14. The number of aliphatic hydroxyl groups is 1. The van der Waals surface area contributed by atoms with Crippen LogP contribution < -0.4 is 10.2 Å². The molecule has 2 rings (SSSR count). The molecule has 1 atom stereocenters. The van der Waals surface area contributed by atoms with Gasteiger partial charge in [-0.3, -0.25) is 0 Å². The molecule has 3 heteroatoms. The minimum atomic E-state index is 0.168. The maximum absolute atomic E-state index is 9.33. The molecule has 0 amide bonds. The van der Waals surface area contributed by atoms with Crippen molar-refractivity contribution in [2.45, 2.75) is 25.8 Å². The molecule has 0 aliphatic heterocycles. The van der Waals surface area contributed by atoms with E-state index in [0.29, 0.717) is 12.6 Å². The molecule has 0 radical (unpaired) electrons. The quantitative estimate of drug-likeness (QED) is 0.810. The first-order valence-electron chi connectivity index (χ1n) is 6.68. The van der Waals surface area contributed by atoms with E-state index in [1.807, 2.05) is 0 Å². The van der Waals surface area contributed by atoms with Gasteiger partial charge in [0.1, 0.15) is 0 Å². The fourth-order valence-corrected chi connectivity index (χ4v) is 2.31. The molecule has 0 heterocycles. The van der Waals surface area contributed by atoms with Crippen LogP contribution in [0.15, 0.2) is 24.3 Å². The smallest absolute Gasteiger partial charge is 0.0499 e. The highest BCUT2D eigenvalue weighted by atomic mass is 16.3. The Labute approximate surface area is 110 Å². The molecule has 18 heavy (non-hydrogen) atoms. The Balaban J connectivity index is 2.02. The molecule has 1 saturated carbocycles. The highest BCUT2D eigenvalue weighted by Gasteiger charge is 2.41. The van der Waals surface area contributed by atoms with Crippen molar-refractivity contribution in [3.63, 3.8) is 0 Å². The van der Waals surface area contributed by atoms with Crippen LogP contribution in [0.4, 0.5) is 5.69 Å². The van der Waals surface area contributed by atoms with Crippen LogP contribution in [0.1, 0.15) is 31.4 Å². The van der Waals surface area contributed by atoms with Crippen molar-refractivity contribution in [1.29, 1.82) is 0 Å². The van der Waals surface area contributed by atoms with Gasteiger partial charge in [-0.2, -0.15) is 0 Å². The molecule has 1 aliphatic rings. The topological polar surface area (TPSA) is 35.5 Å². The first-order valence-corrected chi connectivity index (χ1v) is 6.68. The second-order valence-corrected chi connectivity index (χ2v) is 5.71. The molecule has 0 saturated heterocycles. The Morgan fingerprint density at radius 2 is 2.00 bits per heavy atom. The number of rotatable bonds is 6. The van der Waals surface area contributed by atoms with Crippen molar-refractivity contribution in [3.8, 4) is 0 Å². The zero-order valence-electron chi connectivity index (χ0n) is 11.6. The molecular weight excluding hydrogens is 224 g/mol. The molecule has 2 N–H and O–H groups in total. The van der Waals surface area contributed by atoms with E-state index in [1.165, 1.54) is 11.3 Å². The summed E-state index contributed by atoms with van der Waals surface area (Å²) >= 11 is 0. The van der Waals surface area contributed by atoms with Gasteiger partial charge < -0.3 is 15.3 Å². The van der Waals surface area contributed by atoms with Crippen LogP contribution in [-0.4, -0.2) is 32.4 Å². The second-order valence-electron chi connectivity index (χ2n) is 5.71. The molecule has 1 fully saturated rings. The Morgan fingerprint density at radius 1 is 1.33 bits per heavy atom. The molecule has 0 unspecified atom stereocenters. The average Bonchev–Trinajstić information content (AvgIpc) is 3.16. The van der Waals surface area contributed by atoms with Crippen LogP contribution in [0.3, 0.4) is 0 Å². The summed E-state index contributed by atoms with van der Waals surface area (Å²) in [5, 5.41) is 12.9. The third kappa shape index (κ3) is 2.85. The van der Waals surface area contributed by atoms with E-state index < -0.39 is 0 Å². The van der Waals surface area contributed by atoms with Gasteiger partial charge in [0.15, 0.2) is 0 Å². The zero-order chi connectivity index (χ0) is 13.2. The fraction of sp³-hybridized carbons (Fsp3) is 0.600. The van der Waals surface area contributed by atoms with Crippen molar-refractivity contribution >= 4 is 5.69 Å². The van der Waals surface area contributed by atoms with Gasteiger partial charge in [0.2, 0.25) is 0 Å². The van der Waals surface area contributed by atoms with Crippen molar-refractivity contribution < 1.29 is 5.11 Å². The van der Waals surface area contributed by atoms with Crippen molar-refractivity contribution in [2.75, 3.05) is 32.1 Å². The van der Waals surface area contributed by atoms with Gasteiger partial charge in [-0.15, -0.1) is 0 Å². The summed E-state index contributed by atoms with van der Waals surface area (Å²) in [6, 6.07) is 8.78. The van der Waals surface area contributed by atoms with Crippen LogP contribution in [0.2, 0.25) is 0 Å². The zero-order valence-corrected chi connectivity index (χ0v) is 11.6. The van der Waals surface area contributed by atoms with Gasteiger partial charge in [-0.1, -0.05) is 18.2 Å². The molecular formula is C15H24N2O. The molecule has 1 aromatic carbocycles. The number of para-hydroxylation sites is 1. The van der Waals surface area contributed by atoms with E-state index in [2.05, 4.69) is 55.5 Å². The maximum Gasteiger partial charge on any atom is 0.0499 e. The van der Waals surface area contributed by atoms with E-state index in [-0.39, 0.29) is 5.41 Å². The average molecular weight is 248 g/mol. The van der Waals surface area contributed by atoms with Gasteiger partial charge in [-0.25, -0.2) is 0 Å². The predicted octanol–water partition coefficient (Wildman–Crippen LogP) is 2.18. The summed E-state index contributed by atoms with van der Waals surface area (Å²) in [5.41, 5.74) is 2.74. The summed E-state index contributed by atoms with van der Waals surface area (Å²) < 4.78 is 0. The van der Waals surface area contributed by atoms with Crippen molar-refractivity contribution in [1.82, 2.24) is 5.32 Å². The lowest BCUT2D eigenvalue weighted by atomic mass is 10.0. The third-order valence-electron chi connectivity index (χ3n) is 3.96. The van der Waals surface area contributed by atoms with E-state index in [4.69, 9.17) is 0 Å². The highest BCUT2D eigenvalue weighted by Crippen LogP contribution is 2.44. The lowest BCUT2D eigenvalue weighted by molar-refractivity contribution is 0.205. The van der Waals surface area contributed by atoms with E-state index in [1.54, 1.807) is 0 Å². The van der Waals surface area contributed by atoms with Crippen molar-refractivity contribution in [3.05, 3.63) is 29.8 Å². The minimum Gasteiger partial charge on any atom is -0.396 e. The Bertz CT molecular complexity index is 399. The van der Waals surface area contributed by atoms with Crippen LogP contribution in [0, 0.1) is 5.41 Å². The van der Waals surface area contributed by atoms with Gasteiger partial charge in [0, 0.05) is 44.4 Å². The van der Waals surface area contributed by atoms with Gasteiger partial charge >= 0.3 is 0 Å². The van der Waals surface area contributed by atoms with E-state index >= 15 is 0 Å². The normalized spacial score (nSPS) is 18.4. The second kappa shape index (κ2) is 5.29. The molecule has 0 aromatic heterocycles. The highest BCUT2D eigenvalue weighted by molar-refractivity contribution is 5.53. The van der Waals surface area contributed by atoms with Crippen LogP contribution in [0.25, 0.3) is 0 Å². The lowest BCUT2D eigenvalue weighted by Gasteiger charge is -2.24. The number of benzene rings is 1. The number of hydrogen-bond donors (Lipinski definition) is 2. The summed E-state index contributed by atoms with van der Waals surface area (Å²) in [6.45, 7) is 3.41. The molecule has 0 bridgehead atoms. The van der Waals surface area contributed by atoms with Crippen molar-refractivity contribution in [2.24, 2.45) is 5.41 Å². The molecule has 1 aromatic rings. The van der Waals surface area contributed by atoms with E-state index in [9.17, 15) is 5.11 Å². The number of aliphatic hydroxyl groups excluding tert-OH is 1. The Morgan fingerprint density at radius 3 is 2.56 bits per heavy atom. The minimum absolute atomic E-state index is 0.168. The standard InChI is InChI=1S/C15H24N2O/c1-12(16-10-15(11-18)8-9-15)13-6-4-5-7-14(13)17(2)3/h4-7,12,16,18H,8-11H2,1-3H3/t12-/m0/s1. The van der Waals surface area contributed by atoms with Gasteiger partial charge in [0.05, 0.1) is 0 Å². The number of nitrogens with one attached hydrogen (secondary N) is 1. The molecule has 3 nitrogen and oxygen atoms in total. The predicted molar refractivity (Wildman–Crippen MR) is 75.9 cm³/mol. The first kappa shape index (κ1) is 13.4. The van der Waals surface area contributed by atoms with Crippen LogP contribution >= 0.6 is 0 Å². The maximum atomic E-state index is 9.33. The molecule has 100 valence electrons. The number of anilines is 1. The fourth-order valence-electron chi connectivity index (χ4n) is 2.31. The molecule has 0 spiro atoms. The van der Waals surface area contributed by atoms with Gasteiger partial charge in [0.25, 0.3) is 0 Å². The largest absolute Gasteiger partial charge is 0.396 e.